The third-order valence-electron chi connectivity index (χ3n) is 2.82. The van der Waals surface area contributed by atoms with Crippen molar-refractivity contribution in [2.45, 2.75) is 51.2 Å². The minimum absolute atomic E-state index is 0.125. The zero-order chi connectivity index (χ0) is 14.5. The van der Waals surface area contributed by atoms with Crippen molar-refractivity contribution in [3.8, 4) is 0 Å². The highest BCUT2D eigenvalue weighted by Crippen LogP contribution is 2.25. The van der Waals surface area contributed by atoms with Gasteiger partial charge in [-0.15, -0.1) is 11.8 Å². The second-order valence-electron chi connectivity index (χ2n) is 5.79. The predicted molar refractivity (Wildman–Crippen MR) is 81.8 cm³/mol. The van der Waals surface area contributed by atoms with Gasteiger partial charge in [-0.05, 0) is 34.1 Å². The molecular formula is C14H27N3OS. The monoisotopic (exact) mass is 285 g/mol. The van der Waals surface area contributed by atoms with Crippen LogP contribution in [-0.4, -0.2) is 34.8 Å². The summed E-state index contributed by atoms with van der Waals surface area (Å²) in [4.78, 5) is 0. The van der Waals surface area contributed by atoms with Crippen LogP contribution in [0.1, 0.15) is 38.4 Å². The van der Waals surface area contributed by atoms with E-state index < -0.39 is 0 Å². The SMILES string of the molecule is COCCCSc1c(CNC(C)(C)C)c(C)nn1C. The molecule has 0 aliphatic carbocycles. The van der Waals surface area contributed by atoms with Gasteiger partial charge in [-0.2, -0.15) is 5.10 Å². The van der Waals surface area contributed by atoms with E-state index in [9.17, 15) is 0 Å². The maximum absolute atomic E-state index is 5.09. The van der Waals surface area contributed by atoms with Crippen molar-refractivity contribution in [2.24, 2.45) is 7.05 Å². The summed E-state index contributed by atoms with van der Waals surface area (Å²) in [6, 6.07) is 0. The van der Waals surface area contributed by atoms with E-state index in [1.807, 2.05) is 23.5 Å². The van der Waals surface area contributed by atoms with Crippen LogP contribution in [0, 0.1) is 6.92 Å². The first-order valence-electron chi connectivity index (χ1n) is 6.74. The van der Waals surface area contributed by atoms with E-state index >= 15 is 0 Å². The molecule has 0 spiro atoms. The van der Waals surface area contributed by atoms with Crippen molar-refractivity contribution >= 4 is 11.8 Å². The topological polar surface area (TPSA) is 39.1 Å². The first-order valence-corrected chi connectivity index (χ1v) is 7.73. The molecule has 5 heteroatoms. The molecule has 1 heterocycles. The first kappa shape index (κ1) is 16.5. The van der Waals surface area contributed by atoms with E-state index in [1.54, 1.807) is 7.11 Å². The molecule has 0 unspecified atom stereocenters. The Morgan fingerprint density at radius 1 is 1.37 bits per heavy atom. The van der Waals surface area contributed by atoms with Crippen LogP contribution in [-0.2, 0) is 18.3 Å². The largest absolute Gasteiger partial charge is 0.385 e. The third-order valence-corrected chi connectivity index (χ3v) is 4.09. The van der Waals surface area contributed by atoms with Gasteiger partial charge in [-0.25, -0.2) is 0 Å². The summed E-state index contributed by atoms with van der Waals surface area (Å²) in [5.41, 5.74) is 2.56. The molecule has 0 aliphatic heterocycles. The Balaban J connectivity index is 2.68. The number of aromatic nitrogens is 2. The maximum atomic E-state index is 5.09. The van der Waals surface area contributed by atoms with Gasteiger partial charge in [0.05, 0.1) is 10.7 Å². The molecule has 0 saturated heterocycles. The van der Waals surface area contributed by atoms with Crippen LogP contribution in [0.5, 0.6) is 0 Å². The standard InChI is InChI=1S/C14H27N3OS/c1-11-12(10-15-14(2,3)4)13(17(5)16-11)19-9-7-8-18-6/h15H,7-10H2,1-6H3. The number of aryl methyl sites for hydroxylation is 2. The Labute approximate surface area is 121 Å². The highest BCUT2D eigenvalue weighted by molar-refractivity contribution is 7.99. The highest BCUT2D eigenvalue weighted by atomic mass is 32.2. The predicted octanol–water partition coefficient (Wildman–Crippen LogP) is 2.75. The van der Waals surface area contributed by atoms with Gasteiger partial charge in [0.2, 0.25) is 0 Å². The van der Waals surface area contributed by atoms with Crippen LogP contribution in [0.15, 0.2) is 5.03 Å². The number of nitrogens with one attached hydrogen (secondary N) is 1. The van der Waals surface area contributed by atoms with Crippen molar-refractivity contribution in [1.29, 1.82) is 0 Å². The molecule has 1 aromatic heterocycles. The molecule has 0 atom stereocenters. The van der Waals surface area contributed by atoms with E-state index in [1.165, 1.54) is 10.6 Å². The number of ether oxygens (including phenoxy) is 1. The van der Waals surface area contributed by atoms with Crippen LogP contribution >= 0.6 is 11.8 Å². The Bertz CT molecular complexity index is 396. The Hall–Kier alpha value is -0.520. The summed E-state index contributed by atoms with van der Waals surface area (Å²) < 4.78 is 7.08. The Morgan fingerprint density at radius 3 is 2.63 bits per heavy atom. The van der Waals surface area contributed by atoms with Crippen LogP contribution in [0.2, 0.25) is 0 Å². The highest BCUT2D eigenvalue weighted by Gasteiger charge is 2.16. The van der Waals surface area contributed by atoms with Crippen LogP contribution < -0.4 is 5.32 Å². The fourth-order valence-electron chi connectivity index (χ4n) is 1.79. The molecule has 1 N–H and O–H groups in total. The summed E-state index contributed by atoms with van der Waals surface area (Å²) >= 11 is 1.87. The summed E-state index contributed by atoms with van der Waals surface area (Å²) in [6.07, 6.45) is 1.07. The van der Waals surface area contributed by atoms with E-state index in [2.05, 4.69) is 38.1 Å². The van der Waals surface area contributed by atoms with Gasteiger partial charge in [0.25, 0.3) is 0 Å². The van der Waals surface area contributed by atoms with Gasteiger partial charge in [0, 0.05) is 44.2 Å². The number of nitrogens with zero attached hydrogens (tertiary/aromatic N) is 2. The van der Waals surface area contributed by atoms with Crippen LogP contribution in [0.25, 0.3) is 0 Å². The summed E-state index contributed by atoms with van der Waals surface area (Å²) in [7, 11) is 3.77. The van der Waals surface area contributed by atoms with Crippen LogP contribution in [0.4, 0.5) is 0 Å². The van der Waals surface area contributed by atoms with Crippen molar-refractivity contribution in [1.82, 2.24) is 15.1 Å². The summed E-state index contributed by atoms with van der Waals surface area (Å²) in [5, 5.41) is 9.35. The Morgan fingerprint density at radius 2 is 2.05 bits per heavy atom. The maximum Gasteiger partial charge on any atom is 0.0984 e. The molecule has 1 aromatic rings. The number of rotatable bonds is 7. The Kier molecular flexibility index (Phi) is 6.36. The number of hydrogen-bond donors (Lipinski definition) is 1. The van der Waals surface area contributed by atoms with Gasteiger partial charge < -0.3 is 10.1 Å². The fraction of sp³-hybridized carbons (Fsp3) is 0.786. The summed E-state index contributed by atoms with van der Waals surface area (Å²) in [5.74, 6) is 1.06. The molecule has 110 valence electrons. The molecule has 0 fully saturated rings. The quantitative estimate of drug-likeness (QED) is 0.617. The number of thioether (sulfide) groups is 1. The second-order valence-corrected chi connectivity index (χ2v) is 6.87. The minimum Gasteiger partial charge on any atom is -0.385 e. The smallest absolute Gasteiger partial charge is 0.0984 e. The molecule has 0 bridgehead atoms. The van der Waals surface area contributed by atoms with Crippen LogP contribution in [0.3, 0.4) is 0 Å². The molecule has 19 heavy (non-hydrogen) atoms. The van der Waals surface area contributed by atoms with Crippen molar-refractivity contribution < 1.29 is 4.74 Å². The third kappa shape index (κ3) is 5.55. The lowest BCUT2D eigenvalue weighted by Crippen LogP contribution is -2.35. The van der Waals surface area contributed by atoms with E-state index in [4.69, 9.17) is 4.74 Å². The zero-order valence-corrected chi connectivity index (χ0v) is 13.9. The lowest BCUT2D eigenvalue weighted by molar-refractivity contribution is 0.200. The van der Waals surface area contributed by atoms with Crippen molar-refractivity contribution in [3.05, 3.63) is 11.3 Å². The van der Waals surface area contributed by atoms with E-state index in [0.717, 1.165) is 31.0 Å². The average Bonchev–Trinajstić information content (AvgIpc) is 2.56. The van der Waals surface area contributed by atoms with E-state index in [-0.39, 0.29) is 5.54 Å². The lowest BCUT2D eigenvalue weighted by atomic mass is 10.1. The normalized spacial score (nSPS) is 12.1. The second kappa shape index (κ2) is 7.31. The molecular weight excluding hydrogens is 258 g/mol. The fourth-order valence-corrected chi connectivity index (χ4v) is 2.87. The average molecular weight is 285 g/mol. The van der Waals surface area contributed by atoms with E-state index in [0.29, 0.717) is 0 Å². The van der Waals surface area contributed by atoms with Gasteiger partial charge in [-0.3, -0.25) is 4.68 Å². The molecule has 0 saturated carbocycles. The molecule has 0 aromatic carbocycles. The number of hydrogen-bond acceptors (Lipinski definition) is 4. The molecule has 0 radical (unpaired) electrons. The van der Waals surface area contributed by atoms with Gasteiger partial charge in [-0.1, -0.05) is 0 Å². The number of methoxy groups -OCH3 is 1. The van der Waals surface area contributed by atoms with Crippen molar-refractivity contribution in [3.63, 3.8) is 0 Å². The zero-order valence-electron chi connectivity index (χ0n) is 13.0. The van der Waals surface area contributed by atoms with Crippen molar-refractivity contribution in [2.75, 3.05) is 19.5 Å². The van der Waals surface area contributed by atoms with Gasteiger partial charge >= 0.3 is 0 Å². The lowest BCUT2D eigenvalue weighted by Gasteiger charge is -2.20. The summed E-state index contributed by atoms with van der Waals surface area (Å²) in [6.45, 7) is 10.3. The molecule has 0 amide bonds. The molecule has 0 aliphatic rings. The van der Waals surface area contributed by atoms with Gasteiger partial charge in [0.15, 0.2) is 0 Å². The molecule has 1 rings (SSSR count). The molecule has 4 nitrogen and oxygen atoms in total. The first-order chi connectivity index (χ1) is 8.85. The van der Waals surface area contributed by atoms with Gasteiger partial charge in [0.1, 0.15) is 0 Å². The minimum atomic E-state index is 0.125.